The number of carboxylic acid groups (broad SMARTS) is 1. The molecule has 1 fully saturated rings. The number of aliphatic carboxylic acids is 1. The van der Waals surface area contributed by atoms with E-state index in [2.05, 4.69) is 11.8 Å². The number of alkyl halides is 3. The van der Waals surface area contributed by atoms with E-state index in [1.165, 1.54) is 12.1 Å². The van der Waals surface area contributed by atoms with Crippen molar-refractivity contribution in [1.82, 2.24) is 0 Å². The second-order valence-corrected chi connectivity index (χ2v) is 6.74. The fourth-order valence-electron chi connectivity index (χ4n) is 3.06. The largest absolute Gasteiger partial charge is 0.478 e. The summed E-state index contributed by atoms with van der Waals surface area (Å²) >= 11 is 5.98. The summed E-state index contributed by atoms with van der Waals surface area (Å²) in [6.07, 6.45) is -4.03. The van der Waals surface area contributed by atoms with Crippen molar-refractivity contribution >= 4 is 23.6 Å². The summed E-state index contributed by atoms with van der Waals surface area (Å²) in [4.78, 5) is 11.2. The van der Waals surface area contributed by atoms with Crippen molar-refractivity contribution in [3.8, 4) is 17.6 Å². The number of aliphatic hydroxyl groups is 1. The molecule has 1 aliphatic carbocycles. The van der Waals surface area contributed by atoms with Gasteiger partial charge in [-0.25, -0.2) is 4.79 Å². The Labute approximate surface area is 152 Å². The fraction of sp³-hybridized carbons (Fsp3) is 0.389. The van der Waals surface area contributed by atoms with Crippen molar-refractivity contribution in [2.75, 3.05) is 0 Å². The molecule has 0 amide bonds. The lowest BCUT2D eigenvalue weighted by atomic mass is 9.98. The van der Waals surface area contributed by atoms with Gasteiger partial charge in [-0.2, -0.15) is 13.2 Å². The highest BCUT2D eigenvalue weighted by Crippen LogP contribution is 2.40. The van der Waals surface area contributed by atoms with Crippen molar-refractivity contribution in [2.24, 2.45) is 0 Å². The van der Waals surface area contributed by atoms with Gasteiger partial charge in [-0.1, -0.05) is 23.4 Å². The maximum absolute atomic E-state index is 13.2. The van der Waals surface area contributed by atoms with Crippen LogP contribution in [0, 0.1) is 11.8 Å². The third-order valence-electron chi connectivity index (χ3n) is 4.32. The molecule has 0 spiro atoms. The van der Waals surface area contributed by atoms with Gasteiger partial charge in [0.2, 0.25) is 6.10 Å². The Balaban J connectivity index is 2.09. The van der Waals surface area contributed by atoms with Crippen molar-refractivity contribution < 1.29 is 32.9 Å². The number of hydrogen-bond donors (Lipinski definition) is 2. The molecule has 1 aromatic rings. The minimum Gasteiger partial charge on any atom is -0.478 e. The second-order valence-electron chi connectivity index (χ2n) is 6.30. The Hall–Kier alpha value is -2.17. The van der Waals surface area contributed by atoms with Crippen LogP contribution in [0.3, 0.4) is 0 Å². The van der Waals surface area contributed by atoms with Gasteiger partial charge >= 0.3 is 12.1 Å². The molecule has 2 aliphatic rings. The summed E-state index contributed by atoms with van der Waals surface area (Å²) in [5.74, 6) is 3.42. The first-order chi connectivity index (χ1) is 12.1. The first kappa shape index (κ1) is 18.6. The van der Waals surface area contributed by atoms with Crippen LogP contribution in [0.1, 0.15) is 36.8 Å². The van der Waals surface area contributed by atoms with Crippen LogP contribution in [-0.2, 0) is 4.79 Å². The highest BCUT2D eigenvalue weighted by molar-refractivity contribution is 6.31. The van der Waals surface area contributed by atoms with Crippen LogP contribution in [0.2, 0.25) is 5.02 Å². The van der Waals surface area contributed by atoms with E-state index in [-0.39, 0.29) is 21.9 Å². The summed E-state index contributed by atoms with van der Waals surface area (Å²) in [6, 6.07) is 2.64. The minimum absolute atomic E-state index is 0.0720. The molecular formula is C18H14ClF3O4. The number of hydrogen-bond acceptors (Lipinski definition) is 3. The van der Waals surface area contributed by atoms with Crippen molar-refractivity contribution in [3.63, 3.8) is 0 Å². The highest BCUT2D eigenvalue weighted by atomic mass is 35.5. The molecule has 1 aliphatic heterocycles. The average Bonchev–Trinajstić information content (AvgIpc) is 2.97. The lowest BCUT2D eigenvalue weighted by Crippen LogP contribution is -2.40. The molecule has 1 heterocycles. The molecule has 3 rings (SSSR count). The molecule has 8 heteroatoms. The molecular weight excluding hydrogens is 373 g/mol. The predicted molar refractivity (Wildman–Crippen MR) is 87.8 cm³/mol. The van der Waals surface area contributed by atoms with Crippen molar-refractivity contribution in [1.29, 1.82) is 0 Å². The molecule has 0 aromatic heterocycles. The van der Waals surface area contributed by atoms with E-state index in [0.29, 0.717) is 12.8 Å². The number of rotatable bonds is 1. The number of fused-ring (bicyclic) bond motifs is 1. The number of benzene rings is 1. The topological polar surface area (TPSA) is 66.8 Å². The van der Waals surface area contributed by atoms with Crippen molar-refractivity contribution in [3.05, 3.63) is 33.9 Å². The summed E-state index contributed by atoms with van der Waals surface area (Å²) in [5.41, 5.74) is -1.95. The number of ether oxygens (including phenoxy) is 1. The Morgan fingerprint density at radius 1 is 1.31 bits per heavy atom. The molecule has 0 saturated heterocycles. The van der Waals surface area contributed by atoms with Gasteiger partial charge in [-0.15, -0.1) is 0 Å². The average molecular weight is 387 g/mol. The molecule has 0 bridgehead atoms. The maximum Gasteiger partial charge on any atom is 0.430 e. The molecule has 0 radical (unpaired) electrons. The quantitative estimate of drug-likeness (QED) is 0.721. The normalized spacial score (nSPS) is 21.1. The van der Waals surface area contributed by atoms with E-state index >= 15 is 0 Å². The zero-order valence-corrected chi connectivity index (χ0v) is 14.1. The maximum atomic E-state index is 13.2. The summed E-state index contributed by atoms with van der Waals surface area (Å²) in [6.45, 7) is 0. The van der Waals surface area contributed by atoms with Gasteiger partial charge in [0.15, 0.2) is 0 Å². The van der Waals surface area contributed by atoms with Crippen LogP contribution < -0.4 is 4.74 Å². The molecule has 2 N–H and O–H groups in total. The minimum atomic E-state index is -4.91. The zero-order chi connectivity index (χ0) is 19.1. The summed E-state index contributed by atoms with van der Waals surface area (Å²) in [5, 5.41) is 19.5. The first-order valence-corrected chi connectivity index (χ1v) is 8.24. The van der Waals surface area contributed by atoms with Gasteiger partial charge in [-0.05, 0) is 43.9 Å². The van der Waals surface area contributed by atoms with Crippen LogP contribution in [0.5, 0.6) is 5.75 Å². The van der Waals surface area contributed by atoms with Crippen LogP contribution in [0.4, 0.5) is 13.2 Å². The van der Waals surface area contributed by atoms with E-state index < -0.39 is 29.4 Å². The molecule has 26 heavy (non-hydrogen) atoms. The van der Waals surface area contributed by atoms with E-state index in [4.69, 9.17) is 21.4 Å². The van der Waals surface area contributed by atoms with E-state index in [0.717, 1.165) is 18.9 Å². The number of carbonyl (C=O) groups is 1. The van der Waals surface area contributed by atoms with Gasteiger partial charge in [0.05, 0.1) is 11.1 Å². The smallest absolute Gasteiger partial charge is 0.430 e. The third kappa shape index (κ3) is 3.67. The van der Waals surface area contributed by atoms with Gasteiger partial charge in [0.1, 0.15) is 11.4 Å². The van der Waals surface area contributed by atoms with Gasteiger partial charge in [-0.3, -0.25) is 0 Å². The third-order valence-corrected chi connectivity index (χ3v) is 4.53. The van der Waals surface area contributed by atoms with Crippen LogP contribution in [0.15, 0.2) is 17.7 Å². The first-order valence-electron chi connectivity index (χ1n) is 7.86. The van der Waals surface area contributed by atoms with E-state index in [1.54, 1.807) is 0 Å². The van der Waals surface area contributed by atoms with Gasteiger partial charge < -0.3 is 14.9 Å². The molecule has 1 unspecified atom stereocenters. The van der Waals surface area contributed by atoms with Crippen molar-refractivity contribution in [2.45, 2.75) is 43.6 Å². The molecule has 1 aromatic carbocycles. The summed E-state index contributed by atoms with van der Waals surface area (Å²) < 4.78 is 44.6. The molecule has 1 atom stereocenters. The molecule has 1 saturated carbocycles. The number of carboxylic acids is 1. The van der Waals surface area contributed by atoms with Crippen LogP contribution >= 0.6 is 11.6 Å². The van der Waals surface area contributed by atoms with Crippen LogP contribution in [-0.4, -0.2) is 34.1 Å². The number of halogens is 4. The monoisotopic (exact) mass is 386 g/mol. The standard InChI is InChI=1S/C18H14ClF3O4/c19-12-7-10(3-6-17(25)4-1-2-5-17)14-11(8-12)9-13(16(23)24)15(26-14)18(20,21)22/h7-9,15,25H,1-2,4-5H2,(H,23,24). The Kier molecular flexibility index (Phi) is 4.67. The van der Waals surface area contributed by atoms with E-state index in [9.17, 15) is 23.1 Å². The Bertz CT molecular complexity index is 842. The highest BCUT2D eigenvalue weighted by Gasteiger charge is 2.48. The fourth-order valence-corrected chi connectivity index (χ4v) is 3.28. The molecule has 4 nitrogen and oxygen atoms in total. The van der Waals surface area contributed by atoms with E-state index in [1.807, 2.05) is 0 Å². The summed E-state index contributed by atoms with van der Waals surface area (Å²) in [7, 11) is 0. The SMILES string of the molecule is O=C(O)C1=Cc2cc(Cl)cc(C#CC3(O)CCCC3)c2OC1C(F)(F)F. The second kappa shape index (κ2) is 6.53. The zero-order valence-electron chi connectivity index (χ0n) is 13.4. The molecule has 138 valence electrons. The lowest BCUT2D eigenvalue weighted by Gasteiger charge is -2.28. The van der Waals surface area contributed by atoms with Gasteiger partial charge in [0.25, 0.3) is 0 Å². The predicted octanol–water partition coefficient (Wildman–Crippen LogP) is 3.79. The van der Waals surface area contributed by atoms with Crippen LogP contribution in [0.25, 0.3) is 6.08 Å². The Morgan fingerprint density at radius 2 is 1.96 bits per heavy atom. The lowest BCUT2D eigenvalue weighted by molar-refractivity contribution is -0.187. The Morgan fingerprint density at radius 3 is 2.54 bits per heavy atom. The van der Waals surface area contributed by atoms with Gasteiger partial charge in [0, 0.05) is 10.6 Å².